The van der Waals surface area contributed by atoms with Crippen LogP contribution in [0.2, 0.25) is 10.0 Å². The molecule has 1 aliphatic carbocycles. The Morgan fingerprint density at radius 3 is 2.35 bits per heavy atom. The third-order valence-corrected chi connectivity index (χ3v) is 6.78. The number of hydrogen-bond donors (Lipinski definition) is 2. The zero-order valence-electron chi connectivity index (χ0n) is 19.2. The molecular formula is C26H20Cl2F3N3O3. The number of alkyl halides is 3. The van der Waals surface area contributed by atoms with Gasteiger partial charge in [-0.25, -0.2) is 0 Å². The molecule has 1 heterocycles. The first-order valence-corrected chi connectivity index (χ1v) is 12.2. The molecule has 11 heteroatoms. The summed E-state index contributed by atoms with van der Waals surface area (Å²) in [6, 6.07) is 13.6. The van der Waals surface area contributed by atoms with Gasteiger partial charge in [0.1, 0.15) is 0 Å². The molecule has 0 saturated heterocycles. The zero-order valence-corrected chi connectivity index (χ0v) is 20.7. The average molecular weight is 550 g/mol. The lowest BCUT2D eigenvalue weighted by Gasteiger charge is -2.29. The van der Waals surface area contributed by atoms with E-state index in [0.29, 0.717) is 16.3 Å². The minimum atomic E-state index is -4.83. The Balaban J connectivity index is 1.46. The normalized spacial score (nSPS) is 19.3. The van der Waals surface area contributed by atoms with Gasteiger partial charge in [0.25, 0.3) is 11.5 Å². The lowest BCUT2D eigenvalue weighted by molar-refractivity contribution is -0.275. The molecule has 0 bridgehead atoms. The van der Waals surface area contributed by atoms with Crippen molar-refractivity contribution < 1.29 is 27.6 Å². The highest BCUT2D eigenvalue weighted by Crippen LogP contribution is 2.50. The van der Waals surface area contributed by atoms with Crippen molar-refractivity contribution in [1.82, 2.24) is 10.6 Å². The Hall–Kier alpha value is -3.30. The molecule has 6 nitrogen and oxygen atoms in total. The maximum Gasteiger partial charge on any atom is 0.435 e. The molecule has 0 spiro atoms. The number of nitrogens with one attached hydrogen (secondary N) is 2. The van der Waals surface area contributed by atoms with Gasteiger partial charge < -0.3 is 15.5 Å². The third-order valence-electron chi connectivity index (χ3n) is 6.35. The van der Waals surface area contributed by atoms with Crippen molar-refractivity contribution in [2.75, 3.05) is 6.54 Å². The quantitative estimate of drug-likeness (QED) is 0.411. The summed E-state index contributed by atoms with van der Waals surface area (Å²) >= 11 is 12.0. The lowest BCUT2D eigenvalue weighted by atomic mass is 9.85. The molecule has 1 saturated carbocycles. The smallest absolute Gasteiger partial charge is 0.374 e. The summed E-state index contributed by atoms with van der Waals surface area (Å²) in [7, 11) is 0. The van der Waals surface area contributed by atoms with Gasteiger partial charge in [-0.3, -0.25) is 9.59 Å². The number of nitrogens with zero attached hydrogens (tertiary/aromatic N) is 1. The van der Waals surface area contributed by atoms with Gasteiger partial charge in [0.15, 0.2) is 0 Å². The average Bonchev–Trinajstić information content (AvgIpc) is 3.53. The van der Waals surface area contributed by atoms with Crippen molar-refractivity contribution >= 4 is 51.5 Å². The number of rotatable bonds is 6. The first-order chi connectivity index (χ1) is 17.6. The van der Waals surface area contributed by atoms with Crippen LogP contribution in [-0.4, -0.2) is 36.3 Å². The second kappa shape index (κ2) is 9.54. The van der Waals surface area contributed by atoms with Gasteiger partial charge in [-0.1, -0.05) is 58.7 Å². The highest BCUT2D eigenvalue weighted by Gasteiger charge is 2.62. The van der Waals surface area contributed by atoms with Gasteiger partial charge in [0.05, 0.1) is 12.3 Å². The number of fused-ring (bicyclic) bond motifs is 1. The van der Waals surface area contributed by atoms with Crippen molar-refractivity contribution in [3.05, 3.63) is 81.3 Å². The summed E-state index contributed by atoms with van der Waals surface area (Å²) in [6.07, 6.45) is -3.59. The largest absolute Gasteiger partial charge is 0.435 e. The van der Waals surface area contributed by atoms with E-state index >= 15 is 0 Å². The van der Waals surface area contributed by atoms with Gasteiger partial charge in [-0.15, -0.1) is 0 Å². The molecule has 37 heavy (non-hydrogen) atoms. The fraction of sp³-hybridized carbons (Fsp3) is 0.269. The highest BCUT2D eigenvalue weighted by atomic mass is 35.5. The van der Waals surface area contributed by atoms with Crippen LogP contribution in [0.15, 0.2) is 59.8 Å². The number of benzene rings is 3. The first kappa shape index (κ1) is 25.4. The van der Waals surface area contributed by atoms with E-state index in [0.717, 1.165) is 25.0 Å². The SMILES string of the molecule is O=C(CNC(=O)c1ccc(C2=NOC(c3cc(Cl)cc(Cl)c3)(C(F)(F)F)C2)c2ccccc12)NC1CC1. The number of carbonyl (C=O) groups excluding carboxylic acids is 2. The molecule has 1 atom stereocenters. The van der Waals surface area contributed by atoms with Crippen LogP contribution in [-0.2, 0) is 15.2 Å². The predicted molar refractivity (Wildman–Crippen MR) is 134 cm³/mol. The second-order valence-corrected chi connectivity index (χ2v) is 9.89. The van der Waals surface area contributed by atoms with E-state index in [9.17, 15) is 22.8 Å². The highest BCUT2D eigenvalue weighted by molar-refractivity contribution is 6.34. The molecule has 3 aromatic rings. The van der Waals surface area contributed by atoms with Crippen LogP contribution < -0.4 is 10.6 Å². The van der Waals surface area contributed by atoms with E-state index in [4.69, 9.17) is 28.0 Å². The lowest BCUT2D eigenvalue weighted by Crippen LogP contribution is -2.42. The van der Waals surface area contributed by atoms with Gasteiger partial charge in [0, 0.05) is 39.2 Å². The molecule has 1 unspecified atom stereocenters. The van der Waals surface area contributed by atoms with Gasteiger partial charge in [-0.2, -0.15) is 13.2 Å². The zero-order chi connectivity index (χ0) is 26.4. The maximum absolute atomic E-state index is 14.4. The van der Waals surface area contributed by atoms with Crippen molar-refractivity contribution in [2.24, 2.45) is 5.16 Å². The number of hydrogen-bond acceptors (Lipinski definition) is 4. The summed E-state index contributed by atoms with van der Waals surface area (Å²) in [5.41, 5.74) is -2.32. The van der Waals surface area contributed by atoms with Crippen LogP contribution in [0.1, 0.15) is 40.7 Å². The summed E-state index contributed by atoms with van der Waals surface area (Å²) in [5, 5.41) is 10.3. The molecule has 1 aliphatic heterocycles. The van der Waals surface area contributed by atoms with Crippen LogP contribution in [0.4, 0.5) is 13.2 Å². The number of oxime groups is 1. The van der Waals surface area contributed by atoms with Crippen molar-refractivity contribution in [3.8, 4) is 0 Å². The third kappa shape index (κ3) is 4.98. The number of halogens is 5. The fourth-order valence-corrected chi connectivity index (χ4v) is 4.87. The maximum atomic E-state index is 14.4. The first-order valence-electron chi connectivity index (χ1n) is 11.5. The molecule has 0 aromatic heterocycles. The fourth-order valence-electron chi connectivity index (χ4n) is 4.35. The van der Waals surface area contributed by atoms with Crippen LogP contribution >= 0.6 is 23.2 Å². The Bertz CT molecular complexity index is 1420. The Kier molecular flexibility index (Phi) is 6.53. The second-order valence-electron chi connectivity index (χ2n) is 9.02. The van der Waals surface area contributed by atoms with E-state index in [1.807, 2.05) is 0 Å². The van der Waals surface area contributed by atoms with Crippen molar-refractivity contribution in [3.63, 3.8) is 0 Å². The summed E-state index contributed by atoms with van der Waals surface area (Å²) < 4.78 is 43.2. The minimum absolute atomic E-state index is 0.0369. The summed E-state index contributed by atoms with van der Waals surface area (Å²) in [5.74, 6) is -0.754. The molecule has 2 N–H and O–H groups in total. The standard InChI is InChI=1S/C26H20Cl2F3N3O3/c27-15-9-14(10-16(28)11-15)25(26(29,30)31)12-22(34-37-25)20-7-8-21(19-4-2-1-3-18(19)20)24(36)32-13-23(35)33-17-5-6-17/h1-4,7-11,17H,5-6,12-13H2,(H,32,36)(H,33,35). The molecule has 1 fully saturated rings. The van der Waals surface area contributed by atoms with Crippen LogP contribution in [0.25, 0.3) is 10.8 Å². The van der Waals surface area contributed by atoms with Gasteiger partial charge in [-0.05, 0) is 47.9 Å². The van der Waals surface area contributed by atoms with Gasteiger partial charge in [0.2, 0.25) is 5.91 Å². The molecular weight excluding hydrogens is 530 g/mol. The predicted octanol–water partition coefficient (Wildman–Crippen LogP) is 5.74. The molecule has 192 valence electrons. The molecule has 5 rings (SSSR count). The van der Waals surface area contributed by atoms with Crippen LogP contribution in [0.3, 0.4) is 0 Å². The molecule has 0 radical (unpaired) electrons. The van der Waals surface area contributed by atoms with Crippen molar-refractivity contribution in [2.45, 2.75) is 37.1 Å². The Labute approximate surface area is 219 Å². The number of carbonyl (C=O) groups is 2. The topological polar surface area (TPSA) is 79.8 Å². The van der Waals surface area contributed by atoms with Crippen LogP contribution in [0.5, 0.6) is 0 Å². The van der Waals surface area contributed by atoms with Crippen molar-refractivity contribution in [1.29, 1.82) is 0 Å². The van der Waals surface area contributed by atoms with E-state index < -0.39 is 24.1 Å². The molecule has 3 aromatic carbocycles. The summed E-state index contributed by atoms with van der Waals surface area (Å²) in [4.78, 5) is 29.9. The van der Waals surface area contributed by atoms with Crippen LogP contribution in [0, 0.1) is 0 Å². The number of amides is 2. The van der Waals surface area contributed by atoms with E-state index in [1.165, 1.54) is 18.2 Å². The van der Waals surface area contributed by atoms with E-state index in [1.54, 1.807) is 24.3 Å². The Morgan fingerprint density at radius 1 is 1.03 bits per heavy atom. The Morgan fingerprint density at radius 2 is 1.70 bits per heavy atom. The van der Waals surface area contributed by atoms with E-state index in [2.05, 4.69) is 15.8 Å². The summed E-state index contributed by atoms with van der Waals surface area (Å²) in [6.45, 7) is -0.178. The van der Waals surface area contributed by atoms with E-state index in [-0.39, 0.29) is 45.4 Å². The molecule has 2 amide bonds. The monoisotopic (exact) mass is 549 g/mol. The minimum Gasteiger partial charge on any atom is -0.374 e. The molecule has 2 aliphatic rings. The van der Waals surface area contributed by atoms with Gasteiger partial charge >= 0.3 is 6.18 Å².